The monoisotopic (exact) mass is 291 g/mol. The van der Waals surface area contributed by atoms with Crippen molar-refractivity contribution in [3.63, 3.8) is 0 Å². The van der Waals surface area contributed by atoms with Gasteiger partial charge >= 0.3 is 5.97 Å². The molecule has 0 atom stereocenters. The first-order valence-electron chi connectivity index (χ1n) is 6.79. The molecule has 0 unspecified atom stereocenters. The van der Waals surface area contributed by atoms with E-state index in [-0.39, 0.29) is 12.4 Å². The molecule has 0 aliphatic rings. The molecule has 6 heteroatoms. The number of benzene rings is 1. The standard InChI is InChI=1S/C15H18FN3O2/c1-9(2)6-13-17-15(18-19(13)8-14(20)21)11-4-5-12(16)10(3)7-11/h4-5,7,9H,6,8H2,1-3H3,(H,20,21). The molecule has 1 heterocycles. The highest BCUT2D eigenvalue weighted by atomic mass is 19.1. The Hall–Kier alpha value is -2.24. The van der Waals surface area contributed by atoms with E-state index >= 15 is 0 Å². The Labute approximate surface area is 122 Å². The van der Waals surface area contributed by atoms with Crippen molar-refractivity contribution in [2.45, 2.75) is 33.7 Å². The number of nitrogens with zero attached hydrogens (tertiary/aromatic N) is 3. The quantitative estimate of drug-likeness (QED) is 0.919. The average Bonchev–Trinajstić information content (AvgIpc) is 2.74. The minimum Gasteiger partial charge on any atom is -0.480 e. The number of rotatable bonds is 5. The second kappa shape index (κ2) is 6.03. The van der Waals surface area contributed by atoms with Crippen molar-refractivity contribution >= 4 is 5.97 Å². The zero-order valence-electron chi connectivity index (χ0n) is 12.3. The molecular formula is C15H18FN3O2. The van der Waals surface area contributed by atoms with E-state index in [1.165, 1.54) is 10.7 Å². The van der Waals surface area contributed by atoms with Gasteiger partial charge in [-0.3, -0.25) is 4.79 Å². The maximum Gasteiger partial charge on any atom is 0.325 e. The van der Waals surface area contributed by atoms with Crippen molar-refractivity contribution in [2.75, 3.05) is 0 Å². The first-order valence-corrected chi connectivity index (χ1v) is 6.79. The molecule has 0 radical (unpaired) electrons. The fourth-order valence-corrected chi connectivity index (χ4v) is 2.05. The van der Waals surface area contributed by atoms with Gasteiger partial charge in [-0.15, -0.1) is 0 Å². The Bertz CT molecular complexity index is 665. The molecule has 0 aliphatic heterocycles. The molecule has 2 aromatic rings. The molecule has 1 N–H and O–H groups in total. The highest BCUT2D eigenvalue weighted by Gasteiger charge is 2.15. The number of aromatic nitrogens is 3. The van der Waals surface area contributed by atoms with Crippen LogP contribution in [0.2, 0.25) is 0 Å². The fourth-order valence-electron chi connectivity index (χ4n) is 2.05. The van der Waals surface area contributed by atoms with Gasteiger partial charge in [-0.05, 0) is 36.6 Å². The summed E-state index contributed by atoms with van der Waals surface area (Å²) in [6.45, 7) is 5.50. The number of hydrogen-bond acceptors (Lipinski definition) is 3. The van der Waals surface area contributed by atoms with E-state index in [2.05, 4.69) is 10.1 Å². The van der Waals surface area contributed by atoms with Gasteiger partial charge in [0.25, 0.3) is 0 Å². The first-order chi connectivity index (χ1) is 9.86. The summed E-state index contributed by atoms with van der Waals surface area (Å²) in [4.78, 5) is 15.3. The molecule has 0 fully saturated rings. The fraction of sp³-hybridized carbons (Fsp3) is 0.400. The van der Waals surface area contributed by atoms with Crippen molar-refractivity contribution in [1.82, 2.24) is 14.8 Å². The van der Waals surface area contributed by atoms with E-state index < -0.39 is 5.97 Å². The summed E-state index contributed by atoms with van der Waals surface area (Å²) in [5.41, 5.74) is 1.19. The van der Waals surface area contributed by atoms with Gasteiger partial charge in [-0.1, -0.05) is 13.8 Å². The summed E-state index contributed by atoms with van der Waals surface area (Å²) in [5, 5.41) is 13.2. The van der Waals surface area contributed by atoms with Crippen LogP contribution in [0.1, 0.15) is 25.2 Å². The molecule has 1 aromatic heterocycles. The molecule has 0 bridgehead atoms. The maximum atomic E-state index is 13.3. The van der Waals surface area contributed by atoms with Gasteiger partial charge in [0.1, 0.15) is 18.2 Å². The summed E-state index contributed by atoms with van der Waals surface area (Å²) >= 11 is 0. The molecule has 2 rings (SSSR count). The lowest BCUT2D eigenvalue weighted by Crippen LogP contribution is -2.14. The van der Waals surface area contributed by atoms with Crippen molar-refractivity contribution < 1.29 is 14.3 Å². The third-order valence-corrected chi connectivity index (χ3v) is 3.04. The lowest BCUT2D eigenvalue weighted by molar-refractivity contribution is -0.137. The average molecular weight is 291 g/mol. The molecule has 0 saturated carbocycles. The van der Waals surface area contributed by atoms with Crippen LogP contribution in [0.5, 0.6) is 0 Å². The van der Waals surface area contributed by atoms with Crippen LogP contribution in [-0.2, 0) is 17.8 Å². The van der Waals surface area contributed by atoms with Crippen LogP contribution in [0.15, 0.2) is 18.2 Å². The smallest absolute Gasteiger partial charge is 0.325 e. The van der Waals surface area contributed by atoms with Crippen LogP contribution in [0.3, 0.4) is 0 Å². The van der Waals surface area contributed by atoms with E-state index in [4.69, 9.17) is 5.11 Å². The summed E-state index contributed by atoms with van der Waals surface area (Å²) in [5.74, 6) is 0.141. The van der Waals surface area contributed by atoms with Gasteiger partial charge in [-0.2, -0.15) is 5.10 Å². The predicted octanol–water partition coefficient (Wildman–Crippen LogP) is 2.68. The highest BCUT2D eigenvalue weighted by Crippen LogP contribution is 2.20. The lowest BCUT2D eigenvalue weighted by Gasteiger charge is -2.04. The van der Waals surface area contributed by atoms with Crippen LogP contribution in [0.4, 0.5) is 4.39 Å². The topological polar surface area (TPSA) is 68.0 Å². The highest BCUT2D eigenvalue weighted by molar-refractivity contribution is 5.66. The minimum absolute atomic E-state index is 0.227. The Kier molecular flexibility index (Phi) is 4.35. The Morgan fingerprint density at radius 2 is 2.14 bits per heavy atom. The second-order valence-corrected chi connectivity index (χ2v) is 5.46. The number of hydrogen-bond donors (Lipinski definition) is 1. The van der Waals surface area contributed by atoms with Gasteiger partial charge in [-0.25, -0.2) is 14.1 Å². The number of halogens is 1. The van der Waals surface area contributed by atoms with Crippen molar-refractivity contribution in [3.05, 3.63) is 35.4 Å². The van der Waals surface area contributed by atoms with Crippen LogP contribution in [0.25, 0.3) is 11.4 Å². The number of aliphatic carboxylic acids is 1. The van der Waals surface area contributed by atoms with Gasteiger partial charge in [0.05, 0.1) is 0 Å². The van der Waals surface area contributed by atoms with Crippen LogP contribution < -0.4 is 0 Å². The van der Waals surface area contributed by atoms with Gasteiger partial charge < -0.3 is 5.11 Å². The van der Waals surface area contributed by atoms with Gasteiger partial charge in [0.15, 0.2) is 5.82 Å². The van der Waals surface area contributed by atoms with E-state index in [0.29, 0.717) is 35.1 Å². The molecule has 0 saturated heterocycles. The van der Waals surface area contributed by atoms with Crippen LogP contribution >= 0.6 is 0 Å². The molecule has 0 aliphatic carbocycles. The predicted molar refractivity (Wildman–Crippen MR) is 76.3 cm³/mol. The van der Waals surface area contributed by atoms with Gasteiger partial charge in [0.2, 0.25) is 0 Å². The van der Waals surface area contributed by atoms with Crippen molar-refractivity contribution in [1.29, 1.82) is 0 Å². The normalized spacial score (nSPS) is 11.1. The number of aryl methyl sites for hydroxylation is 1. The molecule has 1 aromatic carbocycles. The Balaban J connectivity index is 2.41. The molecule has 112 valence electrons. The summed E-state index contributed by atoms with van der Waals surface area (Å²) in [7, 11) is 0. The SMILES string of the molecule is Cc1cc(-c2nc(CC(C)C)n(CC(=O)O)n2)ccc1F. The first kappa shape index (κ1) is 15.2. The Morgan fingerprint density at radius 1 is 1.43 bits per heavy atom. The van der Waals surface area contributed by atoms with Crippen LogP contribution in [-0.4, -0.2) is 25.8 Å². The molecular weight excluding hydrogens is 273 g/mol. The molecule has 0 amide bonds. The largest absolute Gasteiger partial charge is 0.480 e. The zero-order chi connectivity index (χ0) is 15.6. The van der Waals surface area contributed by atoms with Crippen molar-refractivity contribution in [3.8, 4) is 11.4 Å². The molecule has 21 heavy (non-hydrogen) atoms. The van der Waals surface area contributed by atoms with Crippen molar-refractivity contribution in [2.24, 2.45) is 5.92 Å². The van der Waals surface area contributed by atoms with E-state index in [1.807, 2.05) is 13.8 Å². The molecule has 5 nitrogen and oxygen atoms in total. The van der Waals surface area contributed by atoms with Crippen LogP contribution in [0, 0.1) is 18.7 Å². The van der Waals surface area contributed by atoms with E-state index in [1.54, 1.807) is 19.1 Å². The third-order valence-electron chi connectivity index (χ3n) is 3.04. The zero-order valence-corrected chi connectivity index (χ0v) is 12.3. The summed E-state index contributed by atoms with van der Waals surface area (Å²) < 4.78 is 14.7. The number of carbonyl (C=O) groups is 1. The van der Waals surface area contributed by atoms with E-state index in [9.17, 15) is 9.18 Å². The summed E-state index contributed by atoms with van der Waals surface area (Å²) in [6.07, 6.45) is 0.639. The number of carboxylic acid groups (broad SMARTS) is 1. The minimum atomic E-state index is -0.966. The van der Waals surface area contributed by atoms with E-state index in [0.717, 1.165) is 0 Å². The Morgan fingerprint density at radius 3 is 2.71 bits per heavy atom. The van der Waals surface area contributed by atoms with Gasteiger partial charge in [0, 0.05) is 12.0 Å². The number of carboxylic acids is 1. The second-order valence-electron chi connectivity index (χ2n) is 5.46. The summed E-state index contributed by atoms with van der Waals surface area (Å²) in [6, 6.07) is 4.63. The third kappa shape index (κ3) is 3.65. The lowest BCUT2D eigenvalue weighted by atomic mass is 10.1. The molecule has 0 spiro atoms. The maximum absolute atomic E-state index is 13.3.